The van der Waals surface area contributed by atoms with E-state index in [0.29, 0.717) is 22.2 Å². The largest absolute Gasteiger partial charge is 0.451 e. The van der Waals surface area contributed by atoms with Crippen molar-refractivity contribution < 1.29 is 23.5 Å². The number of carbonyl (C=O) groups is 2. The Hall–Kier alpha value is -2.77. The Morgan fingerprint density at radius 1 is 1.14 bits per heavy atom. The fourth-order valence-corrected chi connectivity index (χ4v) is 4.14. The normalized spacial score (nSPS) is 12.0. The Morgan fingerprint density at radius 2 is 1.90 bits per heavy atom. The quantitative estimate of drug-likeness (QED) is 0.558. The first-order valence-electron chi connectivity index (χ1n) is 9.18. The lowest BCUT2D eigenvalue weighted by atomic mass is 10.0. The van der Waals surface area contributed by atoms with E-state index < -0.39 is 18.4 Å². The van der Waals surface area contributed by atoms with Crippen LogP contribution in [0.3, 0.4) is 0 Å². The second-order valence-corrected chi connectivity index (χ2v) is 7.70. The molecule has 1 atom stereocenters. The topological polar surface area (TPSA) is 64.6 Å². The summed E-state index contributed by atoms with van der Waals surface area (Å²) in [5.41, 5.74) is 1.55. The molecule has 29 heavy (non-hydrogen) atoms. The van der Waals surface area contributed by atoms with Crippen LogP contribution < -0.4 is 5.32 Å². The van der Waals surface area contributed by atoms with Crippen LogP contribution in [0.4, 0.5) is 4.39 Å². The molecular weight excluding hydrogens is 393 g/mol. The van der Waals surface area contributed by atoms with Crippen molar-refractivity contribution in [3.63, 3.8) is 0 Å². The van der Waals surface area contributed by atoms with Crippen molar-refractivity contribution in [1.82, 2.24) is 5.32 Å². The maximum absolute atomic E-state index is 14.2. The van der Waals surface area contributed by atoms with Crippen LogP contribution in [0.5, 0.6) is 0 Å². The fourth-order valence-electron chi connectivity index (χ4n) is 3.03. The zero-order chi connectivity index (χ0) is 20.8. The van der Waals surface area contributed by atoms with Crippen LogP contribution in [-0.4, -0.2) is 32.1 Å². The molecular formula is C22H22FNO4S. The molecule has 1 aromatic heterocycles. The van der Waals surface area contributed by atoms with E-state index >= 15 is 0 Å². The minimum atomic E-state index is -0.663. The van der Waals surface area contributed by atoms with E-state index in [2.05, 4.69) is 5.32 Å². The van der Waals surface area contributed by atoms with Gasteiger partial charge in [0.15, 0.2) is 6.61 Å². The third kappa shape index (κ3) is 4.99. The van der Waals surface area contributed by atoms with Crippen LogP contribution in [0, 0.1) is 5.82 Å². The lowest BCUT2D eigenvalue weighted by Gasteiger charge is -2.13. The number of thiophene rings is 1. The van der Waals surface area contributed by atoms with E-state index in [4.69, 9.17) is 9.47 Å². The molecule has 0 fully saturated rings. The molecule has 1 N–H and O–H groups in total. The molecule has 2 aromatic carbocycles. The Bertz CT molecular complexity index is 1000. The number of rotatable bonds is 8. The molecule has 0 saturated heterocycles. The SMILES string of the molecule is COCc1c(C(=O)OCC(=O)NC[C@@H](C)c2ccccc2)sc2cccc(F)c12. The first-order valence-corrected chi connectivity index (χ1v) is 10.0. The van der Waals surface area contributed by atoms with Crippen LogP contribution in [-0.2, 0) is 20.9 Å². The van der Waals surface area contributed by atoms with Crippen molar-refractivity contribution in [1.29, 1.82) is 0 Å². The fraction of sp³-hybridized carbons (Fsp3) is 0.273. The van der Waals surface area contributed by atoms with E-state index in [1.807, 2.05) is 37.3 Å². The second-order valence-electron chi connectivity index (χ2n) is 6.65. The Balaban J connectivity index is 1.61. The maximum atomic E-state index is 14.2. The summed E-state index contributed by atoms with van der Waals surface area (Å²) in [4.78, 5) is 24.8. The summed E-state index contributed by atoms with van der Waals surface area (Å²) in [6.45, 7) is 2.11. The standard InChI is InChI=1S/C22H22FNO4S/c1-14(15-7-4-3-5-8-15)11-24-19(25)13-28-22(26)21-16(12-27-2)20-17(23)9-6-10-18(20)29-21/h3-10,14H,11-13H2,1-2H3,(H,24,25)/t14-/m1/s1. The smallest absolute Gasteiger partial charge is 0.349 e. The highest BCUT2D eigenvalue weighted by Crippen LogP contribution is 2.34. The van der Waals surface area contributed by atoms with Crippen molar-refractivity contribution in [2.24, 2.45) is 0 Å². The van der Waals surface area contributed by atoms with Gasteiger partial charge in [-0.15, -0.1) is 11.3 Å². The summed E-state index contributed by atoms with van der Waals surface area (Å²) in [5, 5.41) is 3.12. The number of hydrogen-bond donors (Lipinski definition) is 1. The number of methoxy groups -OCH3 is 1. The monoisotopic (exact) mass is 415 g/mol. The predicted molar refractivity (Wildman–Crippen MR) is 111 cm³/mol. The molecule has 1 heterocycles. The lowest BCUT2D eigenvalue weighted by Crippen LogP contribution is -2.31. The highest BCUT2D eigenvalue weighted by atomic mass is 32.1. The predicted octanol–water partition coefficient (Wildman–Crippen LogP) is 4.26. The molecule has 0 aliphatic carbocycles. The molecule has 0 saturated carbocycles. The van der Waals surface area contributed by atoms with Crippen molar-refractivity contribution in [3.05, 3.63) is 70.4 Å². The molecule has 152 valence electrons. The summed E-state index contributed by atoms with van der Waals surface area (Å²) >= 11 is 1.13. The molecule has 0 unspecified atom stereocenters. The second kappa shape index (κ2) is 9.62. The Kier molecular flexibility index (Phi) is 6.95. The van der Waals surface area contributed by atoms with Crippen LogP contribution in [0.25, 0.3) is 10.1 Å². The Morgan fingerprint density at radius 3 is 2.62 bits per heavy atom. The van der Waals surface area contributed by atoms with Gasteiger partial charge < -0.3 is 14.8 Å². The summed E-state index contributed by atoms with van der Waals surface area (Å²) < 4.78 is 25.1. The van der Waals surface area contributed by atoms with Gasteiger partial charge in [-0.1, -0.05) is 43.3 Å². The van der Waals surface area contributed by atoms with Crippen LogP contribution in [0.15, 0.2) is 48.5 Å². The number of carbonyl (C=O) groups excluding carboxylic acids is 2. The minimum Gasteiger partial charge on any atom is -0.451 e. The molecule has 0 radical (unpaired) electrons. The van der Waals surface area contributed by atoms with Crippen LogP contribution in [0.2, 0.25) is 0 Å². The zero-order valence-electron chi connectivity index (χ0n) is 16.2. The summed E-state index contributed by atoms with van der Waals surface area (Å²) in [5.74, 6) is -1.34. The van der Waals surface area contributed by atoms with Crippen molar-refractivity contribution in [3.8, 4) is 0 Å². The number of nitrogens with one attached hydrogen (secondary N) is 1. The van der Waals surface area contributed by atoms with Crippen LogP contribution in [0.1, 0.15) is 33.6 Å². The number of fused-ring (bicyclic) bond motifs is 1. The van der Waals surface area contributed by atoms with E-state index in [1.165, 1.54) is 13.2 Å². The molecule has 1 amide bonds. The van der Waals surface area contributed by atoms with Crippen molar-refractivity contribution in [2.45, 2.75) is 19.4 Å². The lowest BCUT2D eigenvalue weighted by molar-refractivity contribution is -0.124. The number of amides is 1. The van der Waals surface area contributed by atoms with Gasteiger partial charge in [0.05, 0.1) is 6.61 Å². The van der Waals surface area contributed by atoms with E-state index in [1.54, 1.807) is 12.1 Å². The molecule has 0 aliphatic heterocycles. The van der Waals surface area contributed by atoms with Gasteiger partial charge in [-0.05, 0) is 23.6 Å². The first kappa shape index (κ1) is 21.0. The van der Waals surface area contributed by atoms with Crippen LogP contribution >= 0.6 is 11.3 Å². The highest BCUT2D eigenvalue weighted by molar-refractivity contribution is 7.21. The first-order chi connectivity index (χ1) is 14.0. The van der Waals surface area contributed by atoms with Gasteiger partial charge in [0, 0.05) is 29.3 Å². The van der Waals surface area contributed by atoms with Gasteiger partial charge in [-0.25, -0.2) is 9.18 Å². The van der Waals surface area contributed by atoms with Gasteiger partial charge in [-0.2, -0.15) is 0 Å². The number of benzene rings is 2. The van der Waals surface area contributed by atoms with E-state index in [9.17, 15) is 14.0 Å². The van der Waals surface area contributed by atoms with E-state index in [-0.39, 0.29) is 23.3 Å². The average molecular weight is 415 g/mol. The van der Waals surface area contributed by atoms with Gasteiger partial charge >= 0.3 is 5.97 Å². The Labute approximate surface area is 172 Å². The molecule has 3 rings (SSSR count). The van der Waals surface area contributed by atoms with Gasteiger partial charge in [0.1, 0.15) is 10.7 Å². The third-order valence-corrected chi connectivity index (χ3v) is 5.72. The highest BCUT2D eigenvalue weighted by Gasteiger charge is 2.22. The molecule has 7 heteroatoms. The van der Waals surface area contributed by atoms with E-state index in [0.717, 1.165) is 16.9 Å². The summed E-state index contributed by atoms with van der Waals surface area (Å²) in [6.07, 6.45) is 0. The van der Waals surface area contributed by atoms with Crippen molar-refractivity contribution in [2.75, 3.05) is 20.3 Å². The minimum absolute atomic E-state index is 0.0755. The molecule has 0 spiro atoms. The summed E-state index contributed by atoms with van der Waals surface area (Å²) in [7, 11) is 1.47. The van der Waals surface area contributed by atoms with Gasteiger partial charge in [-0.3, -0.25) is 4.79 Å². The summed E-state index contributed by atoms with van der Waals surface area (Å²) in [6, 6.07) is 14.5. The third-order valence-electron chi connectivity index (χ3n) is 4.55. The zero-order valence-corrected chi connectivity index (χ0v) is 17.1. The number of hydrogen-bond acceptors (Lipinski definition) is 5. The maximum Gasteiger partial charge on any atom is 0.349 e. The number of halogens is 1. The molecule has 3 aromatic rings. The molecule has 0 bridgehead atoms. The molecule has 0 aliphatic rings. The molecule has 5 nitrogen and oxygen atoms in total. The van der Waals surface area contributed by atoms with Crippen molar-refractivity contribution >= 4 is 33.3 Å². The van der Waals surface area contributed by atoms with Gasteiger partial charge in [0.25, 0.3) is 5.91 Å². The van der Waals surface area contributed by atoms with Gasteiger partial charge in [0.2, 0.25) is 0 Å². The number of esters is 1. The average Bonchev–Trinajstić information content (AvgIpc) is 3.11. The number of ether oxygens (including phenoxy) is 2.